The second-order valence-electron chi connectivity index (χ2n) is 8.37. The van der Waals surface area contributed by atoms with Crippen LogP contribution in [0, 0.1) is 26.6 Å². The van der Waals surface area contributed by atoms with E-state index in [9.17, 15) is 14.0 Å². The summed E-state index contributed by atoms with van der Waals surface area (Å²) in [7, 11) is 0. The fourth-order valence-electron chi connectivity index (χ4n) is 4.04. The Morgan fingerprint density at radius 1 is 1.00 bits per heavy atom. The number of amides is 2. The van der Waals surface area contributed by atoms with Crippen LogP contribution in [0.3, 0.4) is 0 Å². The number of carbonyl (C=O) groups excluding carboxylic acids is 2. The number of rotatable bonds is 5. The van der Waals surface area contributed by atoms with E-state index in [2.05, 4.69) is 10.4 Å². The molecule has 1 N–H and O–H groups in total. The molecule has 0 aliphatic carbocycles. The average molecular weight is 450 g/mol. The molecule has 0 spiro atoms. The van der Waals surface area contributed by atoms with Crippen LogP contribution < -0.4 is 5.32 Å². The van der Waals surface area contributed by atoms with Gasteiger partial charge in [0.2, 0.25) is 5.91 Å². The van der Waals surface area contributed by atoms with Gasteiger partial charge in [-0.2, -0.15) is 5.10 Å². The summed E-state index contributed by atoms with van der Waals surface area (Å²) in [6, 6.07) is 14.3. The van der Waals surface area contributed by atoms with Crippen molar-refractivity contribution in [3.8, 4) is 5.69 Å². The number of hydrogen-bond acceptors (Lipinski definition) is 4. The highest BCUT2D eigenvalue weighted by molar-refractivity contribution is 5.95. The number of hydrogen-bond donors (Lipinski definition) is 1. The van der Waals surface area contributed by atoms with Crippen molar-refractivity contribution in [3.05, 3.63) is 76.9 Å². The van der Waals surface area contributed by atoms with Crippen LogP contribution in [0.15, 0.2) is 48.5 Å². The lowest BCUT2D eigenvalue weighted by molar-refractivity contribution is -0.117. The van der Waals surface area contributed by atoms with Crippen LogP contribution in [0.4, 0.5) is 10.1 Å². The highest BCUT2D eigenvalue weighted by Gasteiger charge is 2.24. The van der Waals surface area contributed by atoms with Crippen LogP contribution in [0.25, 0.3) is 5.69 Å². The van der Waals surface area contributed by atoms with Crippen LogP contribution >= 0.6 is 0 Å². The maximum atomic E-state index is 13.8. The van der Waals surface area contributed by atoms with E-state index in [-0.39, 0.29) is 24.2 Å². The maximum Gasteiger partial charge on any atom is 0.254 e. The van der Waals surface area contributed by atoms with Crippen molar-refractivity contribution in [2.75, 3.05) is 38.0 Å². The second kappa shape index (κ2) is 9.54. The molecular formula is C25H28FN5O2. The Labute approximate surface area is 192 Å². The molecule has 7 nitrogen and oxygen atoms in total. The topological polar surface area (TPSA) is 70.5 Å². The highest BCUT2D eigenvalue weighted by atomic mass is 19.1. The van der Waals surface area contributed by atoms with E-state index in [1.807, 2.05) is 53.8 Å². The molecule has 1 fully saturated rings. The van der Waals surface area contributed by atoms with Crippen LogP contribution in [0.1, 0.15) is 27.3 Å². The summed E-state index contributed by atoms with van der Waals surface area (Å²) >= 11 is 0. The first-order chi connectivity index (χ1) is 15.8. The van der Waals surface area contributed by atoms with Gasteiger partial charge in [0, 0.05) is 31.7 Å². The lowest BCUT2D eigenvalue weighted by Gasteiger charge is -2.34. The normalized spacial score (nSPS) is 14.4. The van der Waals surface area contributed by atoms with E-state index in [4.69, 9.17) is 0 Å². The number of carbonyl (C=O) groups is 2. The Kier molecular flexibility index (Phi) is 6.55. The molecule has 1 aliphatic rings. The third-order valence-electron chi connectivity index (χ3n) is 6.00. The zero-order valence-corrected chi connectivity index (χ0v) is 19.1. The smallest absolute Gasteiger partial charge is 0.254 e. The van der Waals surface area contributed by atoms with E-state index in [1.165, 1.54) is 6.07 Å². The minimum absolute atomic E-state index is 0.116. The highest BCUT2D eigenvalue weighted by Crippen LogP contribution is 2.23. The van der Waals surface area contributed by atoms with Crippen molar-refractivity contribution < 1.29 is 14.0 Å². The summed E-state index contributed by atoms with van der Waals surface area (Å²) < 4.78 is 15.6. The van der Waals surface area contributed by atoms with Gasteiger partial charge >= 0.3 is 0 Å². The van der Waals surface area contributed by atoms with Gasteiger partial charge in [-0.3, -0.25) is 14.5 Å². The molecule has 2 amide bonds. The largest absolute Gasteiger partial charge is 0.336 e. The van der Waals surface area contributed by atoms with E-state index in [1.54, 1.807) is 24.0 Å². The SMILES string of the molecule is Cc1ccc(C(=O)N2CCN(CC(=O)Nc3c(C)nn(-c4ccccc4)c3C)CC2)cc1F. The molecular weight excluding hydrogens is 421 g/mol. The average Bonchev–Trinajstić information content (AvgIpc) is 3.09. The van der Waals surface area contributed by atoms with Crippen molar-refractivity contribution in [2.45, 2.75) is 20.8 Å². The van der Waals surface area contributed by atoms with E-state index in [0.29, 0.717) is 37.3 Å². The molecule has 0 atom stereocenters. The summed E-state index contributed by atoms with van der Waals surface area (Å²) in [5.74, 6) is -0.677. The Balaban J connectivity index is 1.33. The van der Waals surface area contributed by atoms with Gasteiger partial charge in [-0.15, -0.1) is 0 Å². The molecule has 2 heterocycles. The van der Waals surface area contributed by atoms with Gasteiger partial charge in [0.15, 0.2) is 0 Å². The first kappa shape index (κ1) is 22.7. The molecule has 33 heavy (non-hydrogen) atoms. The van der Waals surface area contributed by atoms with Crippen LogP contribution in [-0.4, -0.2) is 64.1 Å². The first-order valence-electron chi connectivity index (χ1n) is 11.0. The van der Waals surface area contributed by atoms with Gasteiger partial charge in [0.25, 0.3) is 5.91 Å². The third-order valence-corrected chi connectivity index (χ3v) is 6.00. The minimum Gasteiger partial charge on any atom is -0.336 e. The number of benzene rings is 2. The lowest BCUT2D eigenvalue weighted by Crippen LogP contribution is -2.50. The van der Waals surface area contributed by atoms with Crippen molar-refractivity contribution in [1.29, 1.82) is 0 Å². The summed E-state index contributed by atoms with van der Waals surface area (Å²) in [6.07, 6.45) is 0. The molecule has 0 bridgehead atoms. The fraction of sp³-hybridized carbons (Fsp3) is 0.320. The Bertz CT molecular complexity index is 1170. The van der Waals surface area contributed by atoms with Gasteiger partial charge in [-0.25, -0.2) is 9.07 Å². The Hall–Kier alpha value is -3.52. The minimum atomic E-state index is -0.377. The van der Waals surface area contributed by atoms with E-state index in [0.717, 1.165) is 22.8 Å². The Morgan fingerprint density at radius 2 is 1.70 bits per heavy atom. The Morgan fingerprint density at radius 3 is 2.36 bits per heavy atom. The number of piperazine rings is 1. The second-order valence-corrected chi connectivity index (χ2v) is 8.37. The van der Waals surface area contributed by atoms with Crippen molar-refractivity contribution in [1.82, 2.24) is 19.6 Å². The predicted octanol–water partition coefficient (Wildman–Crippen LogP) is 3.33. The number of nitrogens with zero attached hydrogens (tertiary/aromatic N) is 4. The molecule has 2 aromatic carbocycles. The molecule has 4 rings (SSSR count). The van der Waals surface area contributed by atoms with Crippen molar-refractivity contribution >= 4 is 17.5 Å². The van der Waals surface area contributed by atoms with Gasteiger partial charge in [-0.1, -0.05) is 24.3 Å². The van der Waals surface area contributed by atoms with Crippen LogP contribution in [0.2, 0.25) is 0 Å². The molecule has 0 saturated carbocycles. The van der Waals surface area contributed by atoms with Gasteiger partial charge < -0.3 is 10.2 Å². The molecule has 0 unspecified atom stereocenters. The van der Waals surface area contributed by atoms with E-state index >= 15 is 0 Å². The first-order valence-corrected chi connectivity index (χ1v) is 11.0. The van der Waals surface area contributed by atoms with Gasteiger partial charge in [-0.05, 0) is 50.6 Å². The number of aromatic nitrogens is 2. The molecule has 1 saturated heterocycles. The van der Waals surface area contributed by atoms with Crippen LogP contribution in [-0.2, 0) is 4.79 Å². The zero-order chi connectivity index (χ0) is 23.5. The molecule has 1 aromatic heterocycles. The third kappa shape index (κ3) is 4.96. The van der Waals surface area contributed by atoms with Crippen molar-refractivity contribution in [3.63, 3.8) is 0 Å². The van der Waals surface area contributed by atoms with Crippen molar-refractivity contribution in [2.24, 2.45) is 0 Å². The quantitative estimate of drug-likeness (QED) is 0.649. The summed E-state index contributed by atoms with van der Waals surface area (Å²) in [6.45, 7) is 7.85. The summed E-state index contributed by atoms with van der Waals surface area (Å²) in [5, 5.41) is 7.57. The van der Waals surface area contributed by atoms with Gasteiger partial charge in [0.1, 0.15) is 5.82 Å². The molecule has 3 aromatic rings. The number of anilines is 1. The summed E-state index contributed by atoms with van der Waals surface area (Å²) in [5.41, 5.74) is 4.15. The predicted molar refractivity (Wildman–Crippen MR) is 125 cm³/mol. The summed E-state index contributed by atoms with van der Waals surface area (Å²) in [4.78, 5) is 29.1. The standard InChI is InChI=1S/C25H28FN5O2/c1-17-9-10-20(15-22(17)26)25(33)30-13-11-29(12-14-30)16-23(32)27-24-18(2)28-31(19(24)3)21-7-5-4-6-8-21/h4-10,15H,11-14,16H2,1-3H3,(H,27,32). The van der Waals surface area contributed by atoms with Gasteiger partial charge in [0.05, 0.1) is 29.3 Å². The number of aryl methyl sites for hydroxylation is 2. The number of halogens is 1. The zero-order valence-electron chi connectivity index (χ0n) is 19.1. The maximum absolute atomic E-state index is 13.8. The molecule has 0 radical (unpaired) electrons. The monoisotopic (exact) mass is 449 g/mol. The molecule has 172 valence electrons. The van der Waals surface area contributed by atoms with Crippen LogP contribution in [0.5, 0.6) is 0 Å². The lowest BCUT2D eigenvalue weighted by atomic mass is 10.1. The number of nitrogens with one attached hydrogen (secondary N) is 1. The number of para-hydroxylation sites is 1. The fourth-order valence-corrected chi connectivity index (χ4v) is 4.04. The molecule has 8 heteroatoms. The molecule has 1 aliphatic heterocycles. The van der Waals surface area contributed by atoms with E-state index < -0.39 is 0 Å².